The molecule has 5 heteroatoms. The second-order valence-electron chi connectivity index (χ2n) is 1.85. The molecule has 0 aliphatic heterocycles. The van der Waals surface area contributed by atoms with E-state index in [1.165, 1.54) is 6.20 Å². The zero-order valence-corrected chi connectivity index (χ0v) is 7.67. The molecule has 1 aromatic heterocycles. The number of thiocarbonyl (C=S) groups is 1. The van der Waals surface area contributed by atoms with E-state index in [-0.39, 0.29) is 4.99 Å². The molecule has 0 amide bonds. The zero-order valence-electron chi connectivity index (χ0n) is 5.34. The van der Waals surface area contributed by atoms with Gasteiger partial charge in [-0.1, -0.05) is 35.4 Å². The van der Waals surface area contributed by atoms with Crippen molar-refractivity contribution in [3.8, 4) is 0 Å². The summed E-state index contributed by atoms with van der Waals surface area (Å²) in [5, 5.41) is 0.847. The number of aromatic nitrogens is 1. The minimum atomic E-state index is 0.173. The molecule has 0 saturated heterocycles. The highest BCUT2D eigenvalue weighted by molar-refractivity contribution is 7.80. The molecule has 1 heterocycles. The second-order valence-corrected chi connectivity index (χ2v) is 3.13. The number of nitrogens with two attached hydrogens (primary N) is 1. The lowest BCUT2D eigenvalue weighted by atomic mass is 10.3. The minimum Gasteiger partial charge on any atom is -0.388 e. The highest BCUT2D eigenvalue weighted by Gasteiger charge is 2.04. The standard InChI is InChI=1S/C6H4Cl2N2S/c7-3-1-4(8)5(6(9)11)10-2-3/h1-2H,(H2,9,11). The van der Waals surface area contributed by atoms with Crippen molar-refractivity contribution in [1.29, 1.82) is 0 Å². The maximum atomic E-state index is 5.71. The topological polar surface area (TPSA) is 38.9 Å². The lowest BCUT2D eigenvalue weighted by molar-refractivity contribution is 1.29. The van der Waals surface area contributed by atoms with Crippen LogP contribution in [0.15, 0.2) is 12.3 Å². The van der Waals surface area contributed by atoms with Crippen LogP contribution in [0.5, 0.6) is 0 Å². The highest BCUT2D eigenvalue weighted by atomic mass is 35.5. The molecule has 2 N–H and O–H groups in total. The van der Waals surface area contributed by atoms with E-state index in [1.807, 2.05) is 0 Å². The third kappa shape index (κ3) is 2.02. The first-order chi connectivity index (χ1) is 5.11. The summed E-state index contributed by atoms with van der Waals surface area (Å²) in [7, 11) is 0. The molecule has 0 saturated carbocycles. The monoisotopic (exact) mass is 206 g/mol. The Hall–Kier alpha value is -0.380. The van der Waals surface area contributed by atoms with Crippen LogP contribution in [0.2, 0.25) is 10.0 Å². The van der Waals surface area contributed by atoms with Gasteiger partial charge in [-0.3, -0.25) is 4.98 Å². The molecule has 1 aromatic rings. The van der Waals surface area contributed by atoms with Crippen molar-refractivity contribution in [3.05, 3.63) is 28.0 Å². The van der Waals surface area contributed by atoms with Crippen LogP contribution in [-0.2, 0) is 0 Å². The summed E-state index contributed by atoms with van der Waals surface area (Å²) in [5.74, 6) is 0. The molecule has 0 radical (unpaired) electrons. The Morgan fingerprint density at radius 3 is 2.64 bits per heavy atom. The lowest BCUT2D eigenvalue weighted by Gasteiger charge is -1.99. The predicted molar refractivity (Wildman–Crippen MR) is 50.1 cm³/mol. The largest absolute Gasteiger partial charge is 0.388 e. The van der Waals surface area contributed by atoms with Crippen LogP contribution >= 0.6 is 35.4 Å². The summed E-state index contributed by atoms with van der Waals surface area (Å²) in [4.78, 5) is 4.02. The molecule has 11 heavy (non-hydrogen) atoms. The Morgan fingerprint density at radius 1 is 1.55 bits per heavy atom. The van der Waals surface area contributed by atoms with Crippen molar-refractivity contribution in [2.24, 2.45) is 5.73 Å². The van der Waals surface area contributed by atoms with E-state index in [0.29, 0.717) is 15.7 Å². The molecular weight excluding hydrogens is 203 g/mol. The summed E-state index contributed by atoms with van der Waals surface area (Å²) < 4.78 is 0. The molecule has 0 fully saturated rings. The van der Waals surface area contributed by atoms with Gasteiger partial charge < -0.3 is 5.73 Å². The number of halogens is 2. The van der Waals surface area contributed by atoms with Gasteiger partial charge in [0.05, 0.1) is 10.0 Å². The fourth-order valence-corrected chi connectivity index (χ4v) is 1.30. The molecule has 0 atom stereocenters. The van der Waals surface area contributed by atoms with Crippen molar-refractivity contribution in [3.63, 3.8) is 0 Å². The quantitative estimate of drug-likeness (QED) is 0.716. The lowest BCUT2D eigenvalue weighted by Crippen LogP contribution is -2.11. The van der Waals surface area contributed by atoms with Gasteiger partial charge in [0.25, 0.3) is 0 Å². The van der Waals surface area contributed by atoms with Crippen molar-refractivity contribution >= 4 is 40.4 Å². The van der Waals surface area contributed by atoms with Crippen LogP contribution in [0.3, 0.4) is 0 Å². The third-order valence-electron chi connectivity index (χ3n) is 1.04. The van der Waals surface area contributed by atoms with E-state index in [0.717, 1.165) is 0 Å². The van der Waals surface area contributed by atoms with Crippen LogP contribution in [0.25, 0.3) is 0 Å². The third-order valence-corrected chi connectivity index (χ3v) is 1.73. The van der Waals surface area contributed by atoms with E-state index in [1.54, 1.807) is 6.07 Å². The van der Waals surface area contributed by atoms with E-state index >= 15 is 0 Å². The normalized spacial score (nSPS) is 9.64. The fourth-order valence-electron chi connectivity index (χ4n) is 0.596. The Labute approximate surface area is 79.3 Å². The van der Waals surface area contributed by atoms with Gasteiger partial charge in [0, 0.05) is 6.20 Å². The van der Waals surface area contributed by atoms with Crippen molar-refractivity contribution < 1.29 is 0 Å². The molecule has 1 rings (SSSR count). The zero-order chi connectivity index (χ0) is 8.43. The fraction of sp³-hybridized carbons (Fsp3) is 0. The molecule has 0 aliphatic rings. The first-order valence-electron chi connectivity index (χ1n) is 2.72. The molecule has 0 aromatic carbocycles. The minimum absolute atomic E-state index is 0.173. The van der Waals surface area contributed by atoms with Crippen LogP contribution in [0.4, 0.5) is 0 Å². The average molecular weight is 207 g/mol. The number of pyridine rings is 1. The van der Waals surface area contributed by atoms with Crippen molar-refractivity contribution in [2.75, 3.05) is 0 Å². The van der Waals surface area contributed by atoms with Crippen molar-refractivity contribution in [2.45, 2.75) is 0 Å². The molecule has 0 unspecified atom stereocenters. The molecular formula is C6H4Cl2N2S. The van der Waals surface area contributed by atoms with Crippen LogP contribution in [-0.4, -0.2) is 9.97 Å². The molecule has 0 spiro atoms. The molecule has 0 bridgehead atoms. The van der Waals surface area contributed by atoms with Gasteiger partial charge in [-0.25, -0.2) is 0 Å². The van der Waals surface area contributed by atoms with E-state index < -0.39 is 0 Å². The smallest absolute Gasteiger partial charge is 0.124 e. The Bertz CT molecular complexity index is 301. The predicted octanol–water partition coefficient (Wildman–Crippen LogP) is 2.02. The van der Waals surface area contributed by atoms with Gasteiger partial charge in [0.15, 0.2) is 0 Å². The maximum Gasteiger partial charge on any atom is 0.124 e. The van der Waals surface area contributed by atoms with Crippen molar-refractivity contribution in [1.82, 2.24) is 4.98 Å². The van der Waals surface area contributed by atoms with E-state index in [2.05, 4.69) is 17.2 Å². The van der Waals surface area contributed by atoms with Gasteiger partial charge in [0.2, 0.25) is 0 Å². The summed E-state index contributed by atoms with van der Waals surface area (Å²) in [6.07, 6.45) is 1.45. The molecule has 2 nitrogen and oxygen atoms in total. The maximum absolute atomic E-state index is 5.71. The van der Waals surface area contributed by atoms with Crippen LogP contribution in [0, 0.1) is 0 Å². The summed E-state index contributed by atoms with van der Waals surface area (Å²) >= 11 is 16.0. The summed E-state index contributed by atoms with van der Waals surface area (Å²) in [5.41, 5.74) is 5.71. The molecule has 58 valence electrons. The van der Waals surface area contributed by atoms with Gasteiger partial charge >= 0.3 is 0 Å². The van der Waals surface area contributed by atoms with Crippen LogP contribution < -0.4 is 5.73 Å². The van der Waals surface area contributed by atoms with Gasteiger partial charge in [-0.2, -0.15) is 0 Å². The molecule has 0 aliphatic carbocycles. The first kappa shape index (κ1) is 8.71. The SMILES string of the molecule is NC(=S)c1ncc(Cl)cc1Cl. The Kier molecular flexibility index (Phi) is 2.65. The van der Waals surface area contributed by atoms with E-state index in [9.17, 15) is 0 Å². The first-order valence-corrected chi connectivity index (χ1v) is 3.88. The Morgan fingerprint density at radius 2 is 2.18 bits per heavy atom. The number of hydrogen-bond donors (Lipinski definition) is 1. The summed E-state index contributed by atoms with van der Waals surface area (Å²) in [6.45, 7) is 0. The second kappa shape index (κ2) is 3.34. The van der Waals surface area contributed by atoms with Gasteiger partial charge in [-0.05, 0) is 6.07 Å². The Balaban J connectivity index is 3.20. The van der Waals surface area contributed by atoms with Crippen LogP contribution in [0.1, 0.15) is 5.69 Å². The number of hydrogen-bond acceptors (Lipinski definition) is 2. The summed E-state index contributed by atoms with van der Waals surface area (Å²) in [6, 6.07) is 1.55. The van der Waals surface area contributed by atoms with E-state index in [4.69, 9.17) is 28.9 Å². The highest BCUT2D eigenvalue weighted by Crippen LogP contribution is 2.17. The van der Waals surface area contributed by atoms with Gasteiger partial charge in [0.1, 0.15) is 10.7 Å². The number of nitrogens with zero attached hydrogens (tertiary/aromatic N) is 1. The average Bonchev–Trinajstić information content (AvgIpc) is 1.85. The van der Waals surface area contributed by atoms with Gasteiger partial charge in [-0.15, -0.1) is 0 Å². The number of rotatable bonds is 1.